The Morgan fingerprint density at radius 3 is 2.65 bits per heavy atom. The summed E-state index contributed by atoms with van der Waals surface area (Å²) in [5, 5.41) is 4.73. The normalized spacial score (nSPS) is 11.2. The van der Waals surface area contributed by atoms with Gasteiger partial charge < -0.3 is 9.47 Å². The molecule has 0 radical (unpaired) electrons. The number of nitrogens with zero attached hydrogens (tertiary/aromatic N) is 3. The van der Waals surface area contributed by atoms with Gasteiger partial charge in [-0.25, -0.2) is 9.67 Å². The fraction of sp³-hybridized carbons (Fsp3) is 0.200. The van der Waals surface area contributed by atoms with Crippen LogP contribution in [0.2, 0.25) is 5.02 Å². The summed E-state index contributed by atoms with van der Waals surface area (Å²) in [6, 6.07) is 8.83. The lowest BCUT2D eigenvalue weighted by atomic mass is 10.2. The van der Waals surface area contributed by atoms with Crippen LogP contribution < -0.4 is 9.47 Å². The monoisotopic (exact) mass is 339 g/mol. The first-order valence-corrected chi connectivity index (χ1v) is 7.04. The van der Waals surface area contributed by atoms with E-state index in [1.807, 2.05) is 24.3 Å². The Kier molecular flexibility index (Phi) is 4.29. The van der Waals surface area contributed by atoms with Crippen molar-refractivity contribution < 1.29 is 18.3 Å². The van der Waals surface area contributed by atoms with Crippen LogP contribution in [0.15, 0.2) is 36.5 Å². The summed E-state index contributed by atoms with van der Waals surface area (Å²) >= 11 is 5.87. The lowest BCUT2D eigenvalue weighted by molar-refractivity contribution is -0.0522. The molecule has 0 saturated heterocycles. The predicted octanol–water partition coefficient (Wildman–Crippen LogP) is 3.74. The summed E-state index contributed by atoms with van der Waals surface area (Å²) in [6.45, 7) is -2.62. The second-order valence-corrected chi connectivity index (χ2v) is 5.15. The van der Waals surface area contributed by atoms with E-state index in [9.17, 15) is 8.78 Å². The zero-order chi connectivity index (χ0) is 16.4. The Labute approximate surface area is 135 Å². The number of fused-ring (bicyclic) bond motifs is 1. The molecule has 2 heterocycles. The molecular weight excluding hydrogens is 328 g/mol. The van der Waals surface area contributed by atoms with E-state index in [4.69, 9.17) is 16.3 Å². The van der Waals surface area contributed by atoms with E-state index in [1.54, 1.807) is 7.11 Å². The van der Waals surface area contributed by atoms with E-state index in [2.05, 4.69) is 14.8 Å². The molecule has 0 N–H and O–H groups in total. The highest BCUT2D eigenvalue weighted by Gasteiger charge is 2.17. The van der Waals surface area contributed by atoms with Gasteiger partial charge in [-0.05, 0) is 23.8 Å². The van der Waals surface area contributed by atoms with Crippen LogP contribution in [0.3, 0.4) is 0 Å². The molecular formula is C15H12ClF2N3O2. The van der Waals surface area contributed by atoms with Gasteiger partial charge in [0.25, 0.3) is 0 Å². The van der Waals surface area contributed by atoms with Gasteiger partial charge in [0.15, 0.2) is 5.65 Å². The molecule has 23 heavy (non-hydrogen) atoms. The minimum atomic E-state index is -2.97. The molecule has 0 amide bonds. The van der Waals surface area contributed by atoms with E-state index < -0.39 is 6.61 Å². The minimum absolute atomic E-state index is 0.196. The van der Waals surface area contributed by atoms with Gasteiger partial charge in [0, 0.05) is 6.20 Å². The molecule has 0 fully saturated rings. The van der Waals surface area contributed by atoms with Gasteiger partial charge in [-0.15, -0.1) is 5.10 Å². The van der Waals surface area contributed by atoms with Crippen LogP contribution >= 0.6 is 11.6 Å². The molecule has 0 bridgehead atoms. The third-order valence-electron chi connectivity index (χ3n) is 3.21. The van der Waals surface area contributed by atoms with Crippen LogP contribution in [-0.2, 0) is 6.54 Å². The van der Waals surface area contributed by atoms with Crippen LogP contribution in [-0.4, -0.2) is 28.5 Å². The molecule has 120 valence electrons. The largest absolute Gasteiger partial charge is 0.497 e. The van der Waals surface area contributed by atoms with Gasteiger partial charge in [-0.1, -0.05) is 23.7 Å². The number of benzene rings is 1. The van der Waals surface area contributed by atoms with Crippen molar-refractivity contribution in [3.8, 4) is 11.6 Å². The summed E-state index contributed by atoms with van der Waals surface area (Å²) < 4.78 is 36.1. The molecule has 5 nitrogen and oxygen atoms in total. The van der Waals surface area contributed by atoms with Gasteiger partial charge in [0.2, 0.25) is 5.88 Å². The molecule has 8 heteroatoms. The number of hydrogen-bond donors (Lipinski definition) is 0. The van der Waals surface area contributed by atoms with Gasteiger partial charge in [0.1, 0.15) is 5.75 Å². The number of aromatic nitrogens is 3. The number of ether oxygens (including phenoxy) is 2. The lowest BCUT2D eigenvalue weighted by Gasteiger charge is -2.04. The van der Waals surface area contributed by atoms with Gasteiger partial charge >= 0.3 is 6.61 Å². The second-order valence-electron chi connectivity index (χ2n) is 4.71. The highest BCUT2D eigenvalue weighted by Crippen LogP contribution is 2.28. The van der Waals surface area contributed by atoms with Crippen molar-refractivity contribution in [2.24, 2.45) is 0 Å². The maximum Gasteiger partial charge on any atom is 0.388 e. The van der Waals surface area contributed by atoms with E-state index in [0.29, 0.717) is 22.6 Å². The molecule has 0 saturated carbocycles. The molecule has 3 aromatic rings. The third-order valence-corrected chi connectivity index (χ3v) is 3.42. The summed E-state index contributed by atoms with van der Waals surface area (Å²) in [7, 11) is 1.58. The van der Waals surface area contributed by atoms with Crippen LogP contribution in [0.25, 0.3) is 11.0 Å². The highest BCUT2D eigenvalue weighted by atomic mass is 35.5. The van der Waals surface area contributed by atoms with Crippen molar-refractivity contribution >= 4 is 22.6 Å². The maximum atomic E-state index is 12.5. The van der Waals surface area contributed by atoms with Gasteiger partial charge in [0.05, 0.1) is 24.1 Å². The smallest absolute Gasteiger partial charge is 0.388 e. The van der Waals surface area contributed by atoms with E-state index >= 15 is 0 Å². The molecule has 0 aliphatic rings. The number of rotatable bonds is 5. The zero-order valence-corrected chi connectivity index (χ0v) is 12.8. The van der Waals surface area contributed by atoms with Crippen molar-refractivity contribution in [1.29, 1.82) is 0 Å². The average Bonchev–Trinajstić information content (AvgIpc) is 2.84. The molecule has 3 rings (SSSR count). The Morgan fingerprint density at radius 1 is 1.26 bits per heavy atom. The van der Waals surface area contributed by atoms with Crippen LogP contribution in [0.5, 0.6) is 11.6 Å². The van der Waals surface area contributed by atoms with Crippen LogP contribution in [0.4, 0.5) is 8.78 Å². The molecule has 0 atom stereocenters. The molecule has 1 aromatic carbocycles. The third kappa shape index (κ3) is 3.34. The van der Waals surface area contributed by atoms with E-state index in [-0.39, 0.29) is 5.88 Å². The minimum Gasteiger partial charge on any atom is -0.497 e. The standard InChI is InChI=1S/C15H12ClF2N3O2/c1-22-11-4-2-9(3-5-11)8-21-13-12(6-10(16)7-19-13)14(20-21)23-15(17)18/h2-7,15H,8H2,1H3. The van der Waals surface area contributed by atoms with Crippen LogP contribution in [0.1, 0.15) is 5.56 Å². The van der Waals surface area contributed by atoms with Gasteiger partial charge in [-0.2, -0.15) is 8.78 Å². The van der Waals surface area contributed by atoms with Crippen molar-refractivity contribution in [1.82, 2.24) is 14.8 Å². The first kappa shape index (κ1) is 15.5. The Balaban J connectivity index is 1.99. The highest BCUT2D eigenvalue weighted by molar-refractivity contribution is 6.31. The molecule has 2 aromatic heterocycles. The quantitative estimate of drug-likeness (QED) is 0.710. The molecule has 0 aliphatic heterocycles. The topological polar surface area (TPSA) is 49.2 Å². The fourth-order valence-corrected chi connectivity index (χ4v) is 2.35. The number of alkyl halides is 2. The van der Waals surface area contributed by atoms with Crippen molar-refractivity contribution in [2.75, 3.05) is 7.11 Å². The van der Waals surface area contributed by atoms with Crippen LogP contribution in [0, 0.1) is 0 Å². The van der Waals surface area contributed by atoms with E-state index in [0.717, 1.165) is 11.3 Å². The SMILES string of the molecule is COc1ccc(Cn2nc(OC(F)F)c3cc(Cl)cnc32)cc1. The first-order valence-electron chi connectivity index (χ1n) is 6.66. The summed E-state index contributed by atoms with van der Waals surface area (Å²) in [5.41, 5.74) is 1.33. The Morgan fingerprint density at radius 2 is 2.00 bits per heavy atom. The maximum absolute atomic E-state index is 12.5. The number of pyridine rings is 1. The van der Waals surface area contributed by atoms with Crippen molar-refractivity contribution in [3.63, 3.8) is 0 Å². The number of halogens is 3. The first-order chi connectivity index (χ1) is 11.1. The summed E-state index contributed by atoms with van der Waals surface area (Å²) in [4.78, 5) is 4.16. The zero-order valence-electron chi connectivity index (χ0n) is 12.0. The molecule has 0 unspecified atom stereocenters. The van der Waals surface area contributed by atoms with E-state index in [1.165, 1.54) is 16.9 Å². The Hall–Kier alpha value is -2.41. The van der Waals surface area contributed by atoms with Crippen molar-refractivity contribution in [2.45, 2.75) is 13.2 Å². The predicted molar refractivity (Wildman–Crippen MR) is 81.3 cm³/mol. The Bertz CT molecular complexity index is 821. The summed E-state index contributed by atoms with van der Waals surface area (Å²) in [6.07, 6.45) is 1.43. The van der Waals surface area contributed by atoms with Gasteiger partial charge in [-0.3, -0.25) is 0 Å². The lowest BCUT2D eigenvalue weighted by Crippen LogP contribution is -2.05. The molecule has 0 aliphatic carbocycles. The summed E-state index contributed by atoms with van der Waals surface area (Å²) in [5.74, 6) is 0.532. The fourth-order valence-electron chi connectivity index (χ4n) is 2.19. The molecule has 0 spiro atoms. The number of hydrogen-bond acceptors (Lipinski definition) is 4. The number of methoxy groups -OCH3 is 1. The second kappa shape index (κ2) is 6.37. The average molecular weight is 340 g/mol. The van der Waals surface area contributed by atoms with Crippen molar-refractivity contribution in [3.05, 3.63) is 47.1 Å².